The number of aromatic nitrogens is 2. The maximum absolute atomic E-state index is 11.6. The van der Waals surface area contributed by atoms with E-state index in [2.05, 4.69) is 11.1 Å². The van der Waals surface area contributed by atoms with Crippen LogP contribution in [0.25, 0.3) is 11.3 Å². The summed E-state index contributed by atoms with van der Waals surface area (Å²) in [5, 5.41) is 9.56. The van der Waals surface area contributed by atoms with Crippen LogP contribution in [0.5, 0.6) is 0 Å². The fraction of sp³-hybridized carbons (Fsp3) is 0.375. The van der Waals surface area contributed by atoms with Gasteiger partial charge < -0.3 is 9.67 Å². The number of imidazole rings is 1. The molecule has 0 spiro atoms. The number of carboxylic acids is 1. The van der Waals surface area contributed by atoms with Gasteiger partial charge in [0.05, 0.1) is 0 Å². The van der Waals surface area contributed by atoms with Gasteiger partial charge in [-0.3, -0.25) is 0 Å². The van der Waals surface area contributed by atoms with E-state index < -0.39 is 5.97 Å². The van der Waals surface area contributed by atoms with Crippen LogP contribution < -0.4 is 0 Å². The Bertz CT molecular complexity index is 686. The molecule has 0 aliphatic carbocycles. The molecule has 0 radical (unpaired) electrons. The van der Waals surface area contributed by atoms with E-state index in [4.69, 9.17) is 0 Å². The zero-order valence-electron chi connectivity index (χ0n) is 11.8. The van der Waals surface area contributed by atoms with E-state index in [1.165, 1.54) is 5.56 Å². The van der Waals surface area contributed by atoms with Crippen molar-refractivity contribution in [3.63, 3.8) is 0 Å². The summed E-state index contributed by atoms with van der Waals surface area (Å²) in [7, 11) is 0. The molecule has 20 heavy (non-hydrogen) atoms. The summed E-state index contributed by atoms with van der Waals surface area (Å²) in [6, 6.07) is 6.05. The molecule has 0 saturated heterocycles. The molecule has 1 aromatic heterocycles. The lowest BCUT2D eigenvalue weighted by Gasteiger charge is -2.14. The van der Waals surface area contributed by atoms with Gasteiger partial charge in [-0.05, 0) is 32.3 Å². The van der Waals surface area contributed by atoms with Crippen molar-refractivity contribution in [3.05, 3.63) is 40.8 Å². The Morgan fingerprint density at radius 3 is 2.80 bits per heavy atom. The molecule has 1 aliphatic heterocycles. The Morgan fingerprint density at radius 2 is 2.10 bits per heavy atom. The maximum Gasteiger partial charge on any atom is 0.354 e. The van der Waals surface area contributed by atoms with E-state index in [0.29, 0.717) is 11.4 Å². The molecule has 2 heterocycles. The van der Waals surface area contributed by atoms with Crippen LogP contribution in [0.15, 0.2) is 18.2 Å². The van der Waals surface area contributed by atoms with Gasteiger partial charge >= 0.3 is 5.97 Å². The molecule has 1 aromatic carbocycles. The fourth-order valence-electron chi connectivity index (χ4n) is 2.97. The third-order valence-corrected chi connectivity index (χ3v) is 3.92. The van der Waals surface area contributed by atoms with Crippen LogP contribution in [0.2, 0.25) is 0 Å². The van der Waals surface area contributed by atoms with Gasteiger partial charge in [-0.25, -0.2) is 9.78 Å². The minimum atomic E-state index is -0.888. The smallest absolute Gasteiger partial charge is 0.354 e. The minimum Gasteiger partial charge on any atom is -0.477 e. The number of carboxylic acid groups (broad SMARTS) is 1. The van der Waals surface area contributed by atoms with Crippen molar-refractivity contribution >= 4 is 5.97 Å². The standard InChI is InChI=1S/C16H18N2O2/c1-10-6-7-12(11(2)9-10)14-15(16(19)20)18-8-4-3-5-13(18)17-14/h6-7,9H,3-5,8H2,1-2H3,(H,19,20). The van der Waals surface area contributed by atoms with E-state index in [-0.39, 0.29) is 0 Å². The molecule has 0 fully saturated rings. The molecular formula is C16H18N2O2. The highest BCUT2D eigenvalue weighted by atomic mass is 16.4. The highest BCUT2D eigenvalue weighted by Gasteiger charge is 2.25. The second-order valence-corrected chi connectivity index (χ2v) is 5.46. The highest BCUT2D eigenvalue weighted by molar-refractivity contribution is 5.94. The summed E-state index contributed by atoms with van der Waals surface area (Å²) in [4.78, 5) is 16.3. The van der Waals surface area contributed by atoms with Gasteiger partial charge in [0, 0.05) is 18.5 Å². The highest BCUT2D eigenvalue weighted by Crippen LogP contribution is 2.30. The van der Waals surface area contributed by atoms with E-state index in [1.807, 2.05) is 30.5 Å². The lowest BCUT2D eigenvalue weighted by atomic mass is 10.0. The Hall–Kier alpha value is -2.10. The molecule has 3 rings (SSSR count). The molecule has 1 N–H and O–H groups in total. The number of benzene rings is 1. The van der Waals surface area contributed by atoms with Crippen LogP contribution in [0.1, 0.15) is 40.3 Å². The number of carbonyl (C=O) groups is 1. The topological polar surface area (TPSA) is 55.1 Å². The first-order valence-corrected chi connectivity index (χ1v) is 6.98. The average Bonchev–Trinajstić information content (AvgIpc) is 2.77. The van der Waals surface area contributed by atoms with Crippen molar-refractivity contribution in [1.29, 1.82) is 0 Å². The number of aryl methyl sites for hydroxylation is 3. The van der Waals surface area contributed by atoms with E-state index in [0.717, 1.165) is 42.8 Å². The molecule has 2 aromatic rings. The van der Waals surface area contributed by atoms with E-state index in [9.17, 15) is 9.90 Å². The molecule has 0 amide bonds. The van der Waals surface area contributed by atoms with Gasteiger partial charge in [0.15, 0.2) is 5.69 Å². The number of aromatic carboxylic acids is 1. The Balaban J connectivity index is 2.22. The molecule has 104 valence electrons. The predicted molar refractivity (Wildman–Crippen MR) is 77.0 cm³/mol. The van der Waals surface area contributed by atoms with Crippen molar-refractivity contribution in [1.82, 2.24) is 9.55 Å². The second kappa shape index (κ2) is 4.78. The van der Waals surface area contributed by atoms with Gasteiger partial charge in [0.1, 0.15) is 11.5 Å². The summed E-state index contributed by atoms with van der Waals surface area (Å²) in [5.74, 6) is 0.0178. The van der Waals surface area contributed by atoms with Gasteiger partial charge in [-0.15, -0.1) is 0 Å². The summed E-state index contributed by atoms with van der Waals surface area (Å²) in [5.41, 5.74) is 4.13. The van der Waals surface area contributed by atoms with Crippen molar-refractivity contribution < 1.29 is 9.90 Å². The van der Waals surface area contributed by atoms with E-state index in [1.54, 1.807) is 0 Å². The maximum atomic E-state index is 11.6. The quantitative estimate of drug-likeness (QED) is 0.911. The fourth-order valence-corrected chi connectivity index (χ4v) is 2.97. The Morgan fingerprint density at radius 1 is 1.30 bits per heavy atom. The molecule has 0 saturated carbocycles. The van der Waals surface area contributed by atoms with Crippen LogP contribution in [-0.2, 0) is 13.0 Å². The number of hydrogen-bond donors (Lipinski definition) is 1. The van der Waals surface area contributed by atoms with E-state index >= 15 is 0 Å². The predicted octanol–water partition coefficient (Wildman–Crippen LogP) is 3.20. The molecular weight excluding hydrogens is 252 g/mol. The first-order valence-electron chi connectivity index (χ1n) is 6.98. The Labute approximate surface area is 118 Å². The molecule has 1 aliphatic rings. The van der Waals surface area contributed by atoms with Gasteiger partial charge in [-0.2, -0.15) is 0 Å². The van der Waals surface area contributed by atoms with Gasteiger partial charge in [0.2, 0.25) is 0 Å². The summed E-state index contributed by atoms with van der Waals surface area (Å²) < 4.78 is 1.88. The van der Waals surface area contributed by atoms with Crippen molar-refractivity contribution in [2.45, 2.75) is 39.7 Å². The largest absolute Gasteiger partial charge is 0.477 e. The molecule has 0 atom stereocenters. The van der Waals surface area contributed by atoms with Crippen molar-refractivity contribution in [2.24, 2.45) is 0 Å². The first-order chi connectivity index (χ1) is 9.58. The minimum absolute atomic E-state index is 0.339. The normalized spacial score (nSPS) is 14.1. The van der Waals surface area contributed by atoms with Gasteiger partial charge in [0.25, 0.3) is 0 Å². The molecule has 4 nitrogen and oxygen atoms in total. The monoisotopic (exact) mass is 270 g/mol. The first kappa shape index (κ1) is 12.9. The SMILES string of the molecule is Cc1ccc(-c2nc3n(c2C(=O)O)CCCC3)c(C)c1. The summed E-state index contributed by atoms with van der Waals surface area (Å²) in [6.45, 7) is 4.80. The third-order valence-electron chi connectivity index (χ3n) is 3.92. The second-order valence-electron chi connectivity index (χ2n) is 5.46. The van der Waals surface area contributed by atoms with Crippen molar-refractivity contribution in [3.8, 4) is 11.3 Å². The Kier molecular flexibility index (Phi) is 3.08. The summed E-state index contributed by atoms with van der Waals surface area (Å²) >= 11 is 0. The van der Waals surface area contributed by atoms with Crippen LogP contribution in [0.4, 0.5) is 0 Å². The van der Waals surface area contributed by atoms with Crippen LogP contribution in [0, 0.1) is 13.8 Å². The lowest BCUT2D eigenvalue weighted by molar-refractivity contribution is 0.0684. The third kappa shape index (κ3) is 2.01. The summed E-state index contributed by atoms with van der Waals surface area (Å²) in [6.07, 6.45) is 2.98. The van der Waals surface area contributed by atoms with Crippen LogP contribution >= 0.6 is 0 Å². The molecule has 0 unspecified atom stereocenters. The number of rotatable bonds is 2. The number of nitrogens with zero attached hydrogens (tertiary/aromatic N) is 2. The van der Waals surface area contributed by atoms with Crippen LogP contribution in [0.3, 0.4) is 0 Å². The van der Waals surface area contributed by atoms with Gasteiger partial charge in [-0.1, -0.05) is 23.8 Å². The zero-order valence-corrected chi connectivity index (χ0v) is 11.8. The number of hydrogen-bond acceptors (Lipinski definition) is 2. The van der Waals surface area contributed by atoms with Crippen molar-refractivity contribution in [2.75, 3.05) is 0 Å². The number of fused-ring (bicyclic) bond motifs is 1. The molecule has 4 heteroatoms. The average molecular weight is 270 g/mol. The van der Waals surface area contributed by atoms with Crippen LogP contribution in [-0.4, -0.2) is 20.6 Å². The zero-order chi connectivity index (χ0) is 14.3. The lowest BCUT2D eigenvalue weighted by Crippen LogP contribution is -2.16. The molecule has 0 bridgehead atoms.